The van der Waals surface area contributed by atoms with Gasteiger partial charge >= 0.3 is 5.97 Å². The van der Waals surface area contributed by atoms with E-state index in [0.29, 0.717) is 22.5 Å². The lowest BCUT2D eigenvalue weighted by Crippen LogP contribution is -2.53. The van der Waals surface area contributed by atoms with Crippen LogP contribution in [0.4, 0.5) is 0 Å². The minimum atomic E-state index is -0.511. The normalized spacial score (nSPS) is 42.2. The number of fused-ring (bicyclic) bond motifs is 5. The van der Waals surface area contributed by atoms with Crippen molar-refractivity contribution in [2.75, 3.05) is 6.79 Å². The lowest BCUT2D eigenvalue weighted by Gasteiger charge is -2.60. The first kappa shape index (κ1) is 24.7. The molecule has 31 heavy (non-hydrogen) atoms. The van der Waals surface area contributed by atoms with Crippen LogP contribution >= 0.6 is 0 Å². The summed E-state index contributed by atoms with van der Waals surface area (Å²) in [6.07, 6.45) is 14.9. The van der Waals surface area contributed by atoms with Crippen LogP contribution in [0.2, 0.25) is 0 Å². The standard InChI is InChI=1S/C21H34O.C6H12O3.3H2/c1-14(22)17-9-10-18-16-8-7-15-6-4-5-12-20(15,2)19(16)11-13-21(17,18)3;1-3-5(2)6(8)9-4-7;;;/h15-19H,4-13H2,1-3H3;5,7H,3-4H2,1-2H3;3*1H/t15?,16-,17+,18?,19?,20-,21+;;;;/m0..../s1. The second-order valence-electron chi connectivity index (χ2n) is 11.6. The van der Waals surface area contributed by atoms with Gasteiger partial charge in [0.2, 0.25) is 0 Å². The first-order valence-electron chi connectivity index (χ1n) is 13.0. The fourth-order valence-corrected chi connectivity index (χ4v) is 8.34. The zero-order chi connectivity index (χ0) is 22.8. The smallest absolute Gasteiger partial charge is 0.310 e. The number of rotatable bonds is 4. The minimum absolute atomic E-state index is 0. The Bertz CT molecular complexity index is 660. The highest BCUT2D eigenvalue weighted by atomic mass is 16.6. The van der Waals surface area contributed by atoms with E-state index in [2.05, 4.69) is 18.6 Å². The third-order valence-electron chi connectivity index (χ3n) is 10.3. The summed E-state index contributed by atoms with van der Waals surface area (Å²) in [5.74, 6) is 4.17. The summed E-state index contributed by atoms with van der Waals surface area (Å²) in [5.41, 5.74) is 0.974. The van der Waals surface area contributed by atoms with Crippen LogP contribution < -0.4 is 0 Å². The molecule has 4 nitrogen and oxygen atoms in total. The summed E-state index contributed by atoms with van der Waals surface area (Å²) in [7, 11) is 0. The molecule has 1 N–H and O–H groups in total. The van der Waals surface area contributed by atoms with Crippen molar-refractivity contribution in [3.8, 4) is 0 Å². The van der Waals surface area contributed by atoms with Crippen LogP contribution in [0.25, 0.3) is 0 Å². The molecule has 4 heteroatoms. The van der Waals surface area contributed by atoms with E-state index in [4.69, 9.17) is 5.11 Å². The molecule has 8 atom stereocenters. The topological polar surface area (TPSA) is 63.6 Å². The SMILES string of the molecule is CC(=O)[C@H]1CCC2[C@@H]3CCC4CCCC[C@]4(C)C3CC[C@@]21C.CCC(C)C(=O)OCO.[HH].[HH].[HH]. The van der Waals surface area contributed by atoms with Crippen LogP contribution in [0.5, 0.6) is 0 Å². The number of hydrogen-bond acceptors (Lipinski definition) is 4. The van der Waals surface area contributed by atoms with Crippen LogP contribution in [0, 0.1) is 46.3 Å². The van der Waals surface area contributed by atoms with Gasteiger partial charge in [0.1, 0.15) is 5.78 Å². The molecule has 4 rings (SSSR count). The number of carbonyl (C=O) groups excluding carboxylic acids is 2. The molecule has 4 aliphatic carbocycles. The van der Waals surface area contributed by atoms with Crippen molar-refractivity contribution >= 4 is 11.8 Å². The van der Waals surface area contributed by atoms with E-state index in [1.54, 1.807) is 6.92 Å². The number of ether oxygens (including phenoxy) is 1. The van der Waals surface area contributed by atoms with Gasteiger partial charge in [-0.1, -0.05) is 40.5 Å². The molecule has 0 aromatic heterocycles. The van der Waals surface area contributed by atoms with Gasteiger partial charge in [0.05, 0.1) is 5.92 Å². The number of hydrogen-bond donors (Lipinski definition) is 1. The summed E-state index contributed by atoms with van der Waals surface area (Å²) in [4.78, 5) is 22.7. The Kier molecular flexibility index (Phi) is 7.92. The Labute approximate surface area is 194 Å². The van der Waals surface area contributed by atoms with Crippen LogP contribution in [0.3, 0.4) is 0 Å². The Morgan fingerprint density at radius 1 is 1.00 bits per heavy atom. The van der Waals surface area contributed by atoms with Gasteiger partial charge in [0.25, 0.3) is 0 Å². The molecule has 4 unspecified atom stereocenters. The third kappa shape index (κ3) is 4.61. The third-order valence-corrected chi connectivity index (χ3v) is 10.3. The van der Waals surface area contributed by atoms with Gasteiger partial charge < -0.3 is 9.84 Å². The summed E-state index contributed by atoms with van der Waals surface area (Å²) >= 11 is 0. The van der Waals surface area contributed by atoms with E-state index < -0.39 is 6.79 Å². The Morgan fingerprint density at radius 3 is 2.35 bits per heavy atom. The first-order chi connectivity index (χ1) is 14.7. The van der Waals surface area contributed by atoms with E-state index in [0.717, 1.165) is 30.1 Å². The molecule has 184 valence electrons. The molecule has 0 spiro atoms. The quantitative estimate of drug-likeness (QED) is 0.382. The average molecular weight is 441 g/mol. The molecule has 0 aliphatic heterocycles. The van der Waals surface area contributed by atoms with Crippen molar-refractivity contribution in [1.82, 2.24) is 0 Å². The van der Waals surface area contributed by atoms with Crippen molar-refractivity contribution in [2.24, 2.45) is 46.3 Å². The Balaban J connectivity index is 0.000000793. The maximum atomic E-state index is 12.2. The van der Waals surface area contributed by atoms with Crippen LogP contribution in [-0.4, -0.2) is 23.7 Å². The molecule has 4 aliphatic rings. The minimum Gasteiger partial charge on any atom is -0.438 e. The molecular weight excluding hydrogens is 388 g/mol. The highest BCUT2D eigenvalue weighted by molar-refractivity contribution is 5.79. The van der Waals surface area contributed by atoms with Crippen molar-refractivity contribution in [2.45, 2.75) is 105 Å². The second kappa shape index (κ2) is 9.93. The van der Waals surface area contributed by atoms with Gasteiger partial charge in [0.15, 0.2) is 6.79 Å². The monoisotopic (exact) mass is 440 g/mol. The molecule has 0 aromatic rings. The van der Waals surface area contributed by atoms with E-state index in [9.17, 15) is 9.59 Å². The zero-order valence-corrected chi connectivity index (χ0v) is 20.6. The maximum absolute atomic E-state index is 12.2. The Hall–Kier alpha value is -0.900. The van der Waals surface area contributed by atoms with Crippen LogP contribution in [0.15, 0.2) is 0 Å². The van der Waals surface area contributed by atoms with Crippen molar-refractivity contribution < 1.29 is 23.7 Å². The largest absolute Gasteiger partial charge is 0.438 e. The Morgan fingerprint density at radius 2 is 1.71 bits per heavy atom. The van der Waals surface area contributed by atoms with Crippen molar-refractivity contribution in [3.63, 3.8) is 0 Å². The molecule has 0 aromatic carbocycles. The number of Topliss-reactive ketones (excluding diaryl/α,β-unsaturated/α-hetero) is 1. The van der Waals surface area contributed by atoms with Gasteiger partial charge in [-0.05, 0) is 99.2 Å². The van der Waals surface area contributed by atoms with Crippen molar-refractivity contribution in [1.29, 1.82) is 0 Å². The number of esters is 1. The number of ketones is 1. The fraction of sp³-hybridized carbons (Fsp3) is 0.926. The van der Waals surface area contributed by atoms with Crippen molar-refractivity contribution in [3.05, 3.63) is 0 Å². The maximum Gasteiger partial charge on any atom is 0.310 e. The lowest BCUT2D eigenvalue weighted by molar-refractivity contribution is -0.156. The molecule has 0 saturated heterocycles. The molecule has 0 heterocycles. The molecule has 4 saturated carbocycles. The number of carbonyl (C=O) groups is 2. The molecule has 0 amide bonds. The zero-order valence-electron chi connectivity index (χ0n) is 20.6. The van der Waals surface area contributed by atoms with Crippen LogP contribution in [0.1, 0.15) is 110 Å². The predicted octanol–water partition coefficient (Wildman–Crippen LogP) is 6.89. The van der Waals surface area contributed by atoms with Gasteiger partial charge in [-0.3, -0.25) is 9.59 Å². The molecular formula is C27H52O4. The summed E-state index contributed by atoms with van der Waals surface area (Å²) in [6, 6.07) is 0. The summed E-state index contributed by atoms with van der Waals surface area (Å²) < 4.78 is 4.31. The molecule has 4 fully saturated rings. The van der Waals surface area contributed by atoms with E-state index in [-0.39, 0.29) is 16.2 Å². The van der Waals surface area contributed by atoms with E-state index in [1.807, 2.05) is 13.8 Å². The van der Waals surface area contributed by atoms with Gasteiger partial charge in [-0.25, -0.2) is 0 Å². The molecule has 0 bridgehead atoms. The number of aliphatic hydroxyl groups excluding tert-OH is 1. The second-order valence-corrected chi connectivity index (χ2v) is 11.6. The van der Waals surface area contributed by atoms with Gasteiger partial charge in [-0.15, -0.1) is 0 Å². The number of aliphatic hydroxyl groups is 1. The van der Waals surface area contributed by atoms with Crippen LogP contribution in [-0.2, 0) is 14.3 Å². The summed E-state index contributed by atoms with van der Waals surface area (Å²) in [5, 5.41) is 8.14. The molecule has 0 radical (unpaired) electrons. The average Bonchev–Trinajstić information content (AvgIpc) is 3.11. The summed E-state index contributed by atoms with van der Waals surface area (Å²) in [6.45, 7) is 10.1. The van der Waals surface area contributed by atoms with Gasteiger partial charge in [0, 0.05) is 10.2 Å². The highest BCUT2D eigenvalue weighted by Gasteiger charge is 2.60. The lowest BCUT2D eigenvalue weighted by atomic mass is 9.45. The van der Waals surface area contributed by atoms with Gasteiger partial charge in [-0.2, -0.15) is 0 Å². The fourth-order valence-electron chi connectivity index (χ4n) is 8.34. The first-order valence-corrected chi connectivity index (χ1v) is 13.0. The van der Waals surface area contributed by atoms with E-state index >= 15 is 0 Å². The highest BCUT2D eigenvalue weighted by Crippen LogP contribution is 2.67. The van der Waals surface area contributed by atoms with E-state index in [1.165, 1.54) is 64.2 Å². The predicted molar refractivity (Wildman–Crippen MR) is 129 cm³/mol.